The van der Waals surface area contributed by atoms with Crippen molar-refractivity contribution in [2.45, 2.75) is 51.1 Å². The lowest BCUT2D eigenvalue weighted by Gasteiger charge is -2.40. The van der Waals surface area contributed by atoms with Crippen LogP contribution in [0.5, 0.6) is 0 Å². The van der Waals surface area contributed by atoms with Crippen molar-refractivity contribution in [1.82, 2.24) is 5.32 Å². The average molecular weight is 171 g/mol. The standard InChI is InChI=1S/C9H17NO2/c1-3-7(2)10-9(8(11)12)5-4-6-9/h7,10H,3-6H2,1-2H3,(H,11,12). The molecule has 0 heterocycles. The molecule has 0 aromatic carbocycles. The van der Waals surface area contributed by atoms with Crippen molar-refractivity contribution < 1.29 is 9.90 Å². The number of carboxylic acids is 1. The lowest BCUT2D eigenvalue weighted by Crippen LogP contribution is -2.59. The Bertz CT molecular complexity index is 175. The number of hydrogen-bond acceptors (Lipinski definition) is 2. The lowest BCUT2D eigenvalue weighted by atomic mass is 9.76. The van der Waals surface area contributed by atoms with Crippen molar-refractivity contribution in [2.24, 2.45) is 0 Å². The molecule has 1 atom stereocenters. The highest BCUT2D eigenvalue weighted by atomic mass is 16.4. The average Bonchev–Trinajstić information content (AvgIpc) is 1.95. The Hall–Kier alpha value is -0.570. The van der Waals surface area contributed by atoms with E-state index < -0.39 is 11.5 Å². The maximum absolute atomic E-state index is 10.9. The quantitative estimate of drug-likeness (QED) is 0.672. The summed E-state index contributed by atoms with van der Waals surface area (Å²) in [6.07, 6.45) is 3.59. The zero-order valence-corrected chi connectivity index (χ0v) is 7.76. The van der Waals surface area contributed by atoms with Crippen LogP contribution in [0.1, 0.15) is 39.5 Å². The van der Waals surface area contributed by atoms with Gasteiger partial charge in [-0.2, -0.15) is 0 Å². The first-order valence-electron chi connectivity index (χ1n) is 4.62. The van der Waals surface area contributed by atoms with Crippen molar-refractivity contribution in [2.75, 3.05) is 0 Å². The third-order valence-electron chi connectivity index (χ3n) is 2.75. The number of aliphatic carboxylic acids is 1. The topological polar surface area (TPSA) is 49.3 Å². The molecule has 1 rings (SSSR count). The zero-order chi connectivity index (χ0) is 9.19. The van der Waals surface area contributed by atoms with Crippen LogP contribution in [0.4, 0.5) is 0 Å². The van der Waals surface area contributed by atoms with E-state index in [0.29, 0.717) is 6.04 Å². The van der Waals surface area contributed by atoms with E-state index in [9.17, 15) is 4.79 Å². The van der Waals surface area contributed by atoms with Gasteiger partial charge in [0, 0.05) is 6.04 Å². The monoisotopic (exact) mass is 171 g/mol. The molecule has 12 heavy (non-hydrogen) atoms. The van der Waals surface area contributed by atoms with Gasteiger partial charge in [0.05, 0.1) is 0 Å². The molecule has 1 saturated carbocycles. The van der Waals surface area contributed by atoms with E-state index in [-0.39, 0.29) is 0 Å². The minimum Gasteiger partial charge on any atom is -0.480 e. The van der Waals surface area contributed by atoms with Crippen LogP contribution in [-0.4, -0.2) is 22.7 Å². The molecule has 2 N–H and O–H groups in total. The first-order valence-corrected chi connectivity index (χ1v) is 4.62. The predicted octanol–water partition coefficient (Wildman–Crippen LogP) is 1.38. The Balaban J connectivity index is 2.50. The van der Waals surface area contributed by atoms with E-state index in [4.69, 9.17) is 5.11 Å². The van der Waals surface area contributed by atoms with Crippen LogP contribution >= 0.6 is 0 Å². The van der Waals surface area contributed by atoms with E-state index in [1.54, 1.807) is 0 Å². The van der Waals surface area contributed by atoms with E-state index >= 15 is 0 Å². The van der Waals surface area contributed by atoms with Crippen molar-refractivity contribution in [3.8, 4) is 0 Å². The summed E-state index contributed by atoms with van der Waals surface area (Å²) < 4.78 is 0. The van der Waals surface area contributed by atoms with E-state index in [2.05, 4.69) is 12.2 Å². The zero-order valence-electron chi connectivity index (χ0n) is 7.76. The minimum absolute atomic E-state index is 0.307. The molecule has 0 bridgehead atoms. The fourth-order valence-electron chi connectivity index (χ4n) is 1.52. The molecule has 1 aliphatic rings. The smallest absolute Gasteiger partial charge is 0.323 e. The van der Waals surface area contributed by atoms with Crippen LogP contribution in [0.3, 0.4) is 0 Å². The fraction of sp³-hybridized carbons (Fsp3) is 0.889. The Morgan fingerprint density at radius 2 is 2.25 bits per heavy atom. The molecule has 0 aliphatic heterocycles. The molecule has 3 nitrogen and oxygen atoms in total. The highest BCUT2D eigenvalue weighted by Crippen LogP contribution is 2.32. The van der Waals surface area contributed by atoms with Gasteiger partial charge in [-0.1, -0.05) is 6.92 Å². The van der Waals surface area contributed by atoms with Gasteiger partial charge in [0.25, 0.3) is 0 Å². The summed E-state index contributed by atoms with van der Waals surface area (Å²) in [5, 5.41) is 12.1. The highest BCUT2D eigenvalue weighted by Gasteiger charge is 2.44. The second-order valence-electron chi connectivity index (χ2n) is 3.69. The maximum atomic E-state index is 10.9. The third-order valence-corrected chi connectivity index (χ3v) is 2.75. The Morgan fingerprint density at radius 3 is 2.50 bits per heavy atom. The van der Waals surface area contributed by atoms with Crippen LogP contribution in [0.15, 0.2) is 0 Å². The molecule has 3 heteroatoms. The highest BCUT2D eigenvalue weighted by molar-refractivity contribution is 5.80. The summed E-state index contributed by atoms with van der Waals surface area (Å²) in [6, 6.07) is 0.307. The molecule has 1 fully saturated rings. The molecule has 0 radical (unpaired) electrons. The summed E-state index contributed by atoms with van der Waals surface area (Å²) in [4.78, 5) is 10.9. The molecule has 0 saturated heterocycles. The van der Waals surface area contributed by atoms with Crippen molar-refractivity contribution in [3.63, 3.8) is 0 Å². The van der Waals surface area contributed by atoms with Crippen LogP contribution in [0, 0.1) is 0 Å². The summed E-state index contributed by atoms with van der Waals surface area (Å²) in [6.45, 7) is 4.09. The van der Waals surface area contributed by atoms with Gasteiger partial charge in [-0.15, -0.1) is 0 Å². The van der Waals surface area contributed by atoms with Gasteiger partial charge in [0.2, 0.25) is 0 Å². The Kier molecular flexibility index (Phi) is 2.73. The van der Waals surface area contributed by atoms with E-state index in [1.807, 2.05) is 6.92 Å². The van der Waals surface area contributed by atoms with Gasteiger partial charge in [0.1, 0.15) is 5.54 Å². The molecular weight excluding hydrogens is 154 g/mol. The SMILES string of the molecule is CCC(C)NC1(C(=O)O)CCC1. The van der Waals surface area contributed by atoms with Crippen molar-refractivity contribution in [1.29, 1.82) is 0 Å². The van der Waals surface area contributed by atoms with Crippen LogP contribution in [0.25, 0.3) is 0 Å². The van der Waals surface area contributed by atoms with Crippen LogP contribution in [-0.2, 0) is 4.79 Å². The first kappa shape index (κ1) is 9.52. The molecule has 1 unspecified atom stereocenters. The van der Waals surface area contributed by atoms with Gasteiger partial charge in [-0.3, -0.25) is 10.1 Å². The first-order chi connectivity index (χ1) is 5.60. The summed E-state index contributed by atoms with van der Waals surface area (Å²) in [5.41, 5.74) is -0.588. The number of hydrogen-bond donors (Lipinski definition) is 2. The summed E-state index contributed by atoms with van der Waals surface area (Å²) in [7, 11) is 0. The third kappa shape index (κ3) is 1.61. The molecular formula is C9H17NO2. The Labute approximate surface area is 73.2 Å². The fourth-order valence-corrected chi connectivity index (χ4v) is 1.52. The number of rotatable bonds is 4. The van der Waals surface area contributed by atoms with Gasteiger partial charge >= 0.3 is 5.97 Å². The second-order valence-corrected chi connectivity index (χ2v) is 3.69. The molecule has 1 aliphatic carbocycles. The number of carbonyl (C=O) groups is 1. The molecule has 0 amide bonds. The molecule has 0 aromatic rings. The van der Waals surface area contributed by atoms with Crippen LogP contribution < -0.4 is 5.32 Å². The molecule has 0 aromatic heterocycles. The summed E-state index contributed by atoms with van der Waals surface area (Å²) in [5.74, 6) is -0.686. The molecule has 0 spiro atoms. The van der Waals surface area contributed by atoms with E-state index in [0.717, 1.165) is 25.7 Å². The Morgan fingerprint density at radius 1 is 1.67 bits per heavy atom. The number of carboxylic acid groups (broad SMARTS) is 1. The van der Waals surface area contributed by atoms with Gasteiger partial charge in [0.15, 0.2) is 0 Å². The van der Waals surface area contributed by atoms with Gasteiger partial charge < -0.3 is 5.11 Å². The van der Waals surface area contributed by atoms with Gasteiger partial charge in [-0.25, -0.2) is 0 Å². The second kappa shape index (κ2) is 3.44. The number of nitrogens with one attached hydrogen (secondary N) is 1. The normalized spacial score (nSPS) is 22.8. The summed E-state index contributed by atoms with van der Waals surface area (Å²) >= 11 is 0. The van der Waals surface area contributed by atoms with Gasteiger partial charge in [-0.05, 0) is 32.6 Å². The molecule has 70 valence electrons. The van der Waals surface area contributed by atoms with Crippen molar-refractivity contribution in [3.05, 3.63) is 0 Å². The largest absolute Gasteiger partial charge is 0.480 e. The van der Waals surface area contributed by atoms with Crippen LogP contribution in [0.2, 0.25) is 0 Å². The van der Waals surface area contributed by atoms with Crippen molar-refractivity contribution >= 4 is 5.97 Å². The predicted molar refractivity (Wildman–Crippen MR) is 47.1 cm³/mol. The minimum atomic E-state index is -0.686. The lowest BCUT2D eigenvalue weighted by molar-refractivity contribution is -0.149. The van der Waals surface area contributed by atoms with E-state index in [1.165, 1.54) is 0 Å². The maximum Gasteiger partial charge on any atom is 0.323 e.